The van der Waals surface area contributed by atoms with Gasteiger partial charge in [0, 0.05) is 37.9 Å². The molecule has 25 heavy (non-hydrogen) atoms. The maximum absolute atomic E-state index is 10.2. The van der Waals surface area contributed by atoms with Crippen molar-refractivity contribution in [2.24, 2.45) is 7.05 Å². The number of benzene rings is 2. The molecule has 3 aromatic rings. The van der Waals surface area contributed by atoms with E-state index in [4.69, 9.17) is 0 Å². The Hall–Kier alpha value is -2.36. The van der Waals surface area contributed by atoms with Gasteiger partial charge in [-0.05, 0) is 28.8 Å². The molecule has 3 heteroatoms. The lowest BCUT2D eigenvalue weighted by atomic mass is 9.82. The van der Waals surface area contributed by atoms with E-state index in [1.807, 2.05) is 0 Å². The molecule has 0 bridgehead atoms. The van der Waals surface area contributed by atoms with Crippen molar-refractivity contribution in [3.8, 4) is 0 Å². The van der Waals surface area contributed by atoms with Crippen LogP contribution in [0.4, 0.5) is 0 Å². The third kappa shape index (κ3) is 3.01. The molecule has 128 valence electrons. The van der Waals surface area contributed by atoms with E-state index in [2.05, 4.69) is 89.4 Å². The molecule has 0 saturated heterocycles. The first-order chi connectivity index (χ1) is 12.3. The van der Waals surface area contributed by atoms with Crippen molar-refractivity contribution < 1.29 is 5.11 Å². The van der Waals surface area contributed by atoms with Crippen molar-refractivity contribution >= 4 is 0 Å². The number of aryl methyl sites for hydroxylation is 1. The monoisotopic (exact) mass is 332 g/mol. The predicted octanol–water partition coefficient (Wildman–Crippen LogP) is 3.86. The van der Waals surface area contributed by atoms with Crippen LogP contribution in [0.3, 0.4) is 0 Å². The molecule has 1 aromatic heterocycles. The van der Waals surface area contributed by atoms with Gasteiger partial charge in [0.05, 0.1) is 12.6 Å². The third-order valence-electron chi connectivity index (χ3n) is 5.31. The quantitative estimate of drug-likeness (QED) is 0.786. The van der Waals surface area contributed by atoms with Crippen LogP contribution >= 0.6 is 0 Å². The summed E-state index contributed by atoms with van der Waals surface area (Å²) in [4.78, 5) is 2.49. The molecule has 2 atom stereocenters. The van der Waals surface area contributed by atoms with Crippen LogP contribution in [0, 0.1) is 0 Å². The molecule has 0 aliphatic carbocycles. The normalized spacial score (nSPS) is 20.4. The van der Waals surface area contributed by atoms with Crippen LogP contribution in [-0.2, 0) is 20.1 Å². The second-order valence-corrected chi connectivity index (χ2v) is 6.87. The number of rotatable bonds is 4. The SMILES string of the molecule is Cn1cccc1C1C(CO)c2ccccc2CN1Cc1ccccc1. The van der Waals surface area contributed by atoms with Gasteiger partial charge in [0.15, 0.2) is 0 Å². The Kier molecular flexibility index (Phi) is 4.43. The highest BCUT2D eigenvalue weighted by Gasteiger charge is 2.36. The molecule has 2 unspecified atom stereocenters. The summed E-state index contributed by atoms with van der Waals surface area (Å²) in [5.74, 6) is 0.0854. The molecule has 0 amide bonds. The van der Waals surface area contributed by atoms with Crippen LogP contribution < -0.4 is 0 Å². The van der Waals surface area contributed by atoms with Crippen molar-refractivity contribution in [2.45, 2.75) is 25.0 Å². The van der Waals surface area contributed by atoms with E-state index in [0.29, 0.717) is 0 Å². The average Bonchev–Trinajstić information content (AvgIpc) is 3.07. The highest BCUT2D eigenvalue weighted by molar-refractivity contribution is 5.36. The van der Waals surface area contributed by atoms with Crippen molar-refractivity contribution in [1.82, 2.24) is 9.47 Å². The first-order valence-electron chi connectivity index (χ1n) is 8.86. The van der Waals surface area contributed by atoms with Crippen LogP contribution in [0.2, 0.25) is 0 Å². The van der Waals surface area contributed by atoms with Gasteiger partial charge in [-0.1, -0.05) is 54.6 Å². The molecule has 2 aromatic carbocycles. The second-order valence-electron chi connectivity index (χ2n) is 6.87. The van der Waals surface area contributed by atoms with Crippen molar-refractivity contribution in [2.75, 3.05) is 6.61 Å². The van der Waals surface area contributed by atoms with E-state index in [1.54, 1.807) is 0 Å². The fourth-order valence-electron chi connectivity index (χ4n) is 4.13. The minimum Gasteiger partial charge on any atom is -0.396 e. The van der Waals surface area contributed by atoms with Crippen LogP contribution in [0.25, 0.3) is 0 Å². The van der Waals surface area contributed by atoms with Crippen LogP contribution in [0.15, 0.2) is 72.9 Å². The Morgan fingerprint density at radius 1 is 0.960 bits per heavy atom. The van der Waals surface area contributed by atoms with Gasteiger partial charge in [-0.25, -0.2) is 0 Å². The van der Waals surface area contributed by atoms with E-state index in [1.165, 1.54) is 22.4 Å². The van der Waals surface area contributed by atoms with Gasteiger partial charge in [-0.15, -0.1) is 0 Å². The highest BCUT2D eigenvalue weighted by atomic mass is 16.3. The summed E-state index contributed by atoms with van der Waals surface area (Å²) >= 11 is 0. The van der Waals surface area contributed by atoms with Crippen molar-refractivity contribution in [3.05, 3.63) is 95.3 Å². The molecule has 3 nitrogen and oxygen atoms in total. The lowest BCUT2D eigenvalue weighted by Gasteiger charge is -2.42. The topological polar surface area (TPSA) is 28.4 Å². The predicted molar refractivity (Wildman–Crippen MR) is 100 cm³/mol. The number of hydrogen-bond donors (Lipinski definition) is 1. The van der Waals surface area contributed by atoms with Crippen LogP contribution in [-0.4, -0.2) is 21.2 Å². The Balaban J connectivity index is 1.78. The highest BCUT2D eigenvalue weighted by Crippen LogP contribution is 2.43. The Morgan fingerprint density at radius 3 is 2.44 bits per heavy atom. The molecule has 0 radical (unpaired) electrons. The number of fused-ring (bicyclic) bond motifs is 1. The molecule has 0 spiro atoms. The molecule has 1 aliphatic heterocycles. The number of aliphatic hydroxyl groups excluding tert-OH is 1. The Labute approximate surface area is 149 Å². The maximum atomic E-state index is 10.2. The molecule has 0 fully saturated rings. The summed E-state index contributed by atoms with van der Waals surface area (Å²) in [5.41, 5.74) is 5.16. The van der Waals surface area contributed by atoms with E-state index < -0.39 is 0 Å². The first kappa shape index (κ1) is 16.1. The largest absolute Gasteiger partial charge is 0.396 e. The zero-order valence-electron chi connectivity index (χ0n) is 14.5. The molecular weight excluding hydrogens is 308 g/mol. The fourth-order valence-corrected chi connectivity index (χ4v) is 4.13. The number of aliphatic hydroxyl groups is 1. The summed E-state index contributed by atoms with van der Waals surface area (Å²) < 4.78 is 2.18. The van der Waals surface area contributed by atoms with Gasteiger partial charge in [0.2, 0.25) is 0 Å². The van der Waals surface area contributed by atoms with Crippen LogP contribution in [0.1, 0.15) is 34.3 Å². The number of hydrogen-bond acceptors (Lipinski definition) is 2. The summed E-state index contributed by atoms with van der Waals surface area (Å²) in [6.07, 6.45) is 2.09. The number of aromatic nitrogens is 1. The molecule has 1 aliphatic rings. The maximum Gasteiger partial charge on any atom is 0.0597 e. The molecule has 2 heterocycles. The minimum absolute atomic E-state index is 0.0854. The van der Waals surface area contributed by atoms with Gasteiger partial charge in [-0.2, -0.15) is 0 Å². The van der Waals surface area contributed by atoms with Crippen LogP contribution in [0.5, 0.6) is 0 Å². The van der Waals surface area contributed by atoms with Gasteiger partial charge >= 0.3 is 0 Å². The lowest BCUT2D eigenvalue weighted by molar-refractivity contribution is 0.0989. The molecular formula is C22H24N2O. The summed E-state index contributed by atoms with van der Waals surface area (Å²) in [7, 11) is 2.09. The smallest absolute Gasteiger partial charge is 0.0597 e. The second kappa shape index (κ2) is 6.87. The molecule has 0 saturated carbocycles. The van der Waals surface area contributed by atoms with E-state index in [-0.39, 0.29) is 18.6 Å². The summed E-state index contributed by atoms with van der Waals surface area (Å²) in [5, 5.41) is 10.2. The van der Waals surface area contributed by atoms with Gasteiger partial charge in [0.25, 0.3) is 0 Å². The lowest BCUT2D eigenvalue weighted by Crippen LogP contribution is -2.39. The van der Waals surface area contributed by atoms with E-state index >= 15 is 0 Å². The van der Waals surface area contributed by atoms with E-state index in [0.717, 1.165) is 13.1 Å². The van der Waals surface area contributed by atoms with Gasteiger partial charge in [0.1, 0.15) is 0 Å². The third-order valence-corrected chi connectivity index (χ3v) is 5.31. The first-order valence-corrected chi connectivity index (χ1v) is 8.86. The summed E-state index contributed by atoms with van der Waals surface area (Å²) in [6, 6.07) is 23.6. The summed E-state index contributed by atoms with van der Waals surface area (Å²) in [6.45, 7) is 1.93. The standard InChI is InChI=1S/C22H24N2O/c1-23-13-7-12-21(23)22-20(16-25)19-11-6-5-10-18(19)15-24(22)14-17-8-3-2-4-9-17/h2-13,20,22,25H,14-16H2,1H3. The Bertz CT molecular complexity index is 840. The van der Waals surface area contributed by atoms with Crippen molar-refractivity contribution in [1.29, 1.82) is 0 Å². The van der Waals surface area contributed by atoms with Gasteiger partial charge < -0.3 is 9.67 Å². The molecule has 4 rings (SSSR count). The van der Waals surface area contributed by atoms with Gasteiger partial charge in [-0.3, -0.25) is 4.90 Å². The van der Waals surface area contributed by atoms with Crippen molar-refractivity contribution in [3.63, 3.8) is 0 Å². The zero-order valence-corrected chi connectivity index (χ0v) is 14.5. The molecule has 1 N–H and O–H groups in total. The number of nitrogens with zero attached hydrogens (tertiary/aromatic N) is 2. The van der Waals surface area contributed by atoms with E-state index in [9.17, 15) is 5.11 Å². The minimum atomic E-state index is 0.0854. The zero-order chi connectivity index (χ0) is 17.2. The Morgan fingerprint density at radius 2 is 1.72 bits per heavy atom. The average molecular weight is 332 g/mol. The fraction of sp³-hybridized carbons (Fsp3) is 0.273.